The topological polar surface area (TPSA) is 52.7 Å². The summed E-state index contributed by atoms with van der Waals surface area (Å²) < 4.78 is 14.0. The maximum atomic E-state index is 14.0. The summed E-state index contributed by atoms with van der Waals surface area (Å²) in [6, 6.07) is 12.5. The number of benzene rings is 2. The van der Waals surface area contributed by atoms with Crippen LogP contribution in [0.5, 0.6) is 0 Å². The third-order valence-corrected chi connectivity index (χ3v) is 5.19. The van der Waals surface area contributed by atoms with Crippen LogP contribution in [0.3, 0.4) is 0 Å². The minimum absolute atomic E-state index is 0.275. The van der Waals surface area contributed by atoms with Gasteiger partial charge in [-0.25, -0.2) is 4.39 Å². The van der Waals surface area contributed by atoms with Crippen molar-refractivity contribution in [3.8, 4) is 0 Å². The molecule has 1 N–H and O–H groups in total. The molecule has 148 valence electrons. The molecule has 0 spiro atoms. The Labute approximate surface area is 165 Å². The molecular weight excluding hydrogens is 357 g/mol. The number of hydrogen-bond acceptors (Lipinski definition) is 3. The van der Waals surface area contributed by atoms with Crippen molar-refractivity contribution >= 4 is 23.2 Å². The summed E-state index contributed by atoms with van der Waals surface area (Å²) in [6.45, 7) is 5.80. The van der Waals surface area contributed by atoms with E-state index in [4.69, 9.17) is 0 Å². The van der Waals surface area contributed by atoms with Crippen LogP contribution in [0.1, 0.15) is 25.0 Å². The zero-order valence-electron chi connectivity index (χ0n) is 16.4. The normalized spacial score (nSPS) is 14.1. The van der Waals surface area contributed by atoms with Crippen LogP contribution in [0.15, 0.2) is 42.5 Å². The van der Waals surface area contributed by atoms with Crippen LogP contribution in [0.2, 0.25) is 0 Å². The lowest BCUT2D eigenvalue weighted by molar-refractivity contribution is -0.143. The lowest BCUT2D eigenvalue weighted by Gasteiger charge is -2.35. The fourth-order valence-electron chi connectivity index (χ4n) is 3.57. The van der Waals surface area contributed by atoms with Gasteiger partial charge in [0.15, 0.2) is 0 Å². The first kappa shape index (κ1) is 19.9. The number of carbonyl (C=O) groups is 2. The van der Waals surface area contributed by atoms with E-state index >= 15 is 0 Å². The summed E-state index contributed by atoms with van der Waals surface area (Å²) in [7, 11) is 0. The molecule has 0 aliphatic carbocycles. The molecule has 0 radical (unpaired) electrons. The zero-order chi connectivity index (χ0) is 20.1. The first-order valence-corrected chi connectivity index (χ1v) is 9.75. The number of aryl methyl sites for hydroxylation is 2. The highest BCUT2D eigenvalue weighted by atomic mass is 19.1. The van der Waals surface area contributed by atoms with Gasteiger partial charge < -0.3 is 15.1 Å². The molecule has 6 heteroatoms. The summed E-state index contributed by atoms with van der Waals surface area (Å²) in [5.41, 5.74) is 3.31. The minimum Gasteiger partial charge on any atom is -0.366 e. The van der Waals surface area contributed by atoms with E-state index in [1.54, 1.807) is 18.2 Å². The van der Waals surface area contributed by atoms with E-state index in [9.17, 15) is 14.0 Å². The predicted octanol–water partition coefficient (Wildman–Crippen LogP) is 3.24. The number of carbonyl (C=O) groups excluding carboxylic acids is 2. The van der Waals surface area contributed by atoms with E-state index in [2.05, 4.69) is 5.32 Å². The average molecular weight is 383 g/mol. The molecule has 1 aliphatic rings. The van der Waals surface area contributed by atoms with Crippen molar-refractivity contribution < 1.29 is 14.0 Å². The molecular formula is C22H26FN3O2. The van der Waals surface area contributed by atoms with Gasteiger partial charge in [0.2, 0.25) is 0 Å². The Bertz CT molecular complexity index is 838. The van der Waals surface area contributed by atoms with E-state index in [-0.39, 0.29) is 5.82 Å². The first-order chi connectivity index (χ1) is 13.5. The molecule has 3 rings (SSSR count). The molecule has 0 atom stereocenters. The van der Waals surface area contributed by atoms with Crippen molar-refractivity contribution in [1.82, 2.24) is 4.90 Å². The lowest BCUT2D eigenvalue weighted by atomic mass is 10.0. The summed E-state index contributed by atoms with van der Waals surface area (Å²) in [5.74, 6) is -1.43. The smallest absolute Gasteiger partial charge is 0.313 e. The third-order valence-electron chi connectivity index (χ3n) is 5.19. The van der Waals surface area contributed by atoms with Crippen LogP contribution in [0, 0.1) is 5.82 Å². The number of rotatable bonds is 4. The van der Waals surface area contributed by atoms with Crippen molar-refractivity contribution in [3.05, 3.63) is 59.4 Å². The van der Waals surface area contributed by atoms with Gasteiger partial charge in [0, 0.05) is 31.9 Å². The average Bonchev–Trinajstić information content (AvgIpc) is 2.73. The van der Waals surface area contributed by atoms with Crippen LogP contribution in [-0.2, 0) is 22.4 Å². The van der Waals surface area contributed by atoms with Gasteiger partial charge in [-0.3, -0.25) is 9.59 Å². The molecule has 2 amide bonds. The summed E-state index contributed by atoms with van der Waals surface area (Å²) in [4.78, 5) is 28.6. The van der Waals surface area contributed by atoms with E-state index < -0.39 is 11.8 Å². The molecule has 1 aliphatic heterocycles. The van der Waals surface area contributed by atoms with Crippen molar-refractivity contribution in [2.24, 2.45) is 0 Å². The second-order valence-electron chi connectivity index (χ2n) is 6.84. The molecule has 2 aromatic carbocycles. The zero-order valence-corrected chi connectivity index (χ0v) is 16.4. The largest absolute Gasteiger partial charge is 0.366 e. The molecule has 1 heterocycles. The van der Waals surface area contributed by atoms with E-state index in [1.165, 1.54) is 11.0 Å². The van der Waals surface area contributed by atoms with Crippen LogP contribution in [0.25, 0.3) is 0 Å². The Morgan fingerprint density at radius 2 is 1.54 bits per heavy atom. The first-order valence-electron chi connectivity index (χ1n) is 9.75. The van der Waals surface area contributed by atoms with E-state index in [0.29, 0.717) is 31.9 Å². The minimum atomic E-state index is -0.616. The molecule has 5 nitrogen and oxygen atoms in total. The van der Waals surface area contributed by atoms with Crippen LogP contribution in [0.4, 0.5) is 15.8 Å². The maximum Gasteiger partial charge on any atom is 0.313 e. The van der Waals surface area contributed by atoms with Crippen LogP contribution < -0.4 is 10.2 Å². The monoisotopic (exact) mass is 383 g/mol. The van der Waals surface area contributed by atoms with Crippen molar-refractivity contribution in [2.75, 3.05) is 36.4 Å². The quantitative estimate of drug-likeness (QED) is 0.825. The molecule has 0 saturated carbocycles. The number of nitrogens with zero attached hydrogens (tertiary/aromatic N) is 2. The van der Waals surface area contributed by atoms with Gasteiger partial charge in [-0.1, -0.05) is 44.2 Å². The highest BCUT2D eigenvalue weighted by molar-refractivity contribution is 6.39. The SMILES string of the molecule is CCc1cccc(CC)c1NC(=O)C(=O)N1CCN(c2ccccc2F)CC1. The number of para-hydroxylation sites is 2. The number of nitrogens with one attached hydrogen (secondary N) is 1. The number of halogens is 1. The van der Waals surface area contributed by atoms with Crippen LogP contribution in [-0.4, -0.2) is 42.9 Å². The fraction of sp³-hybridized carbons (Fsp3) is 0.364. The standard InChI is InChI=1S/C22H26FN3O2/c1-3-16-8-7-9-17(4-2)20(16)24-21(27)22(28)26-14-12-25(13-15-26)19-11-6-5-10-18(19)23/h5-11H,3-4,12-15H2,1-2H3,(H,24,27). The Morgan fingerprint density at radius 3 is 2.11 bits per heavy atom. The maximum absolute atomic E-state index is 14.0. The van der Waals surface area contributed by atoms with Gasteiger partial charge in [0.05, 0.1) is 5.69 Å². The summed E-state index contributed by atoms with van der Waals surface area (Å²) in [6.07, 6.45) is 1.55. The highest BCUT2D eigenvalue weighted by Gasteiger charge is 2.27. The van der Waals surface area contributed by atoms with Crippen molar-refractivity contribution in [2.45, 2.75) is 26.7 Å². The summed E-state index contributed by atoms with van der Waals surface area (Å²) in [5, 5.41) is 2.83. The molecule has 1 fully saturated rings. The van der Waals surface area contributed by atoms with Gasteiger partial charge in [0.1, 0.15) is 5.82 Å². The number of hydrogen-bond donors (Lipinski definition) is 1. The molecule has 2 aromatic rings. The van der Waals surface area contributed by atoms with E-state index in [0.717, 1.165) is 29.7 Å². The van der Waals surface area contributed by atoms with Gasteiger partial charge in [-0.2, -0.15) is 0 Å². The number of anilines is 2. The van der Waals surface area contributed by atoms with Gasteiger partial charge in [-0.15, -0.1) is 0 Å². The van der Waals surface area contributed by atoms with Gasteiger partial charge in [0.25, 0.3) is 0 Å². The van der Waals surface area contributed by atoms with Crippen molar-refractivity contribution in [3.63, 3.8) is 0 Å². The Kier molecular flexibility index (Phi) is 6.29. The number of amides is 2. The second-order valence-corrected chi connectivity index (χ2v) is 6.84. The molecule has 0 aromatic heterocycles. The van der Waals surface area contributed by atoms with Crippen LogP contribution >= 0.6 is 0 Å². The second kappa shape index (κ2) is 8.87. The number of piperazine rings is 1. The van der Waals surface area contributed by atoms with Gasteiger partial charge >= 0.3 is 11.8 Å². The van der Waals surface area contributed by atoms with E-state index in [1.807, 2.05) is 36.9 Å². The summed E-state index contributed by atoms with van der Waals surface area (Å²) >= 11 is 0. The molecule has 1 saturated heterocycles. The fourth-order valence-corrected chi connectivity index (χ4v) is 3.57. The highest BCUT2D eigenvalue weighted by Crippen LogP contribution is 2.23. The van der Waals surface area contributed by atoms with Gasteiger partial charge in [-0.05, 0) is 36.1 Å². The molecule has 28 heavy (non-hydrogen) atoms. The Hall–Kier alpha value is -2.89. The Balaban J connectivity index is 1.64. The third kappa shape index (κ3) is 4.16. The molecule has 0 unspecified atom stereocenters. The Morgan fingerprint density at radius 1 is 0.929 bits per heavy atom. The lowest BCUT2D eigenvalue weighted by Crippen LogP contribution is -2.51. The predicted molar refractivity (Wildman–Crippen MR) is 109 cm³/mol. The van der Waals surface area contributed by atoms with Crippen molar-refractivity contribution in [1.29, 1.82) is 0 Å². The molecule has 0 bridgehead atoms.